The molecule has 24 heavy (non-hydrogen) atoms. The maximum absolute atomic E-state index is 5.97. The lowest BCUT2D eigenvalue weighted by atomic mass is 10.1. The fraction of sp³-hybridized carbons (Fsp3) is 0.250. The van der Waals surface area contributed by atoms with Crippen LogP contribution in [0.4, 0.5) is 0 Å². The molecular formula is C16H15ClN6S. The van der Waals surface area contributed by atoms with Gasteiger partial charge in [-0.3, -0.25) is 5.10 Å². The number of H-pyrrole nitrogens is 1. The van der Waals surface area contributed by atoms with Crippen molar-refractivity contribution in [1.82, 2.24) is 30.0 Å². The number of nitrogens with one attached hydrogen (secondary N) is 1. The summed E-state index contributed by atoms with van der Waals surface area (Å²) >= 11 is 7.48. The molecule has 0 spiro atoms. The largest absolute Gasteiger partial charge is 0.277 e. The van der Waals surface area contributed by atoms with E-state index in [1.54, 1.807) is 6.20 Å². The minimum atomic E-state index is 0.501. The van der Waals surface area contributed by atoms with Gasteiger partial charge in [-0.1, -0.05) is 48.9 Å². The molecule has 0 aliphatic carbocycles. The van der Waals surface area contributed by atoms with Crippen LogP contribution in [0, 0.1) is 5.92 Å². The highest BCUT2D eigenvalue weighted by Crippen LogP contribution is 2.33. The van der Waals surface area contributed by atoms with Crippen molar-refractivity contribution in [3.05, 3.63) is 41.3 Å². The molecule has 3 aromatic heterocycles. The zero-order chi connectivity index (χ0) is 16.7. The molecule has 1 N–H and O–H groups in total. The normalized spacial score (nSPS) is 11.7. The third-order valence-corrected chi connectivity index (χ3v) is 4.83. The minimum absolute atomic E-state index is 0.501. The van der Waals surface area contributed by atoms with Gasteiger partial charge >= 0.3 is 0 Å². The Bertz CT molecular complexity index is 982. The Labute approximate surface area is 147 Å². The zero-order valence-electron chi connectivity index (χ0n) is 13.2. The van der Waals surface area contributed by atoms with Gasteiger partial charge in [-0.25, -0.2) is 0 Å². The molecule has 0 aliphatic heterocycles. The lowest BCUT2D eigenvalue weighted by molar-refractivity contribution is 0.607. The molecule has 6 nitrogen and oxygen atoms in total. The number of benzene rings is 1. The van der Waals surface area contributed by atoms with Gasteiger partial charge in [0.25, 0.3) is 0 Å². The van der Waals surface area contributed by atoms with E-state index in [0.717, 1.165) is 39.0 Å². The summed E-state index contributed by atoms with van der Waals surface area (Å²) in [4.78, 5) is 0.795. The highest BCUT2D eigenvalue weighted by molar-refractivity contribution is 7.19. The summed E-state index contributed by atoms with van der Waals surface area (Å²) in [6.07, 6.45) is 2.64. The first-order valence-corrected chi connectivity index (χ1v) is 8.82. The number of halogens is 1. The number of hydrogen-bond donors (Lipinski definition) is 1. The molecule has 0 radical (unpaired) electrons. The average Bonchev–Trinajstić information content (AvgIpc) is 3.24. The number of fused-ring (bicyclic) bond motifs is 1. The molecule has 0 bridgehead atoms. The molecule has 0 unspecified atom stereocenters. The van der Waals surface area contributed by atoms with Gasteiger partial charge in [-0.15, -0.1) is 10.2 Å². The summed E-state index contributed by atoms with van der Waals surface area (Å²) in [6, 6.07) is 7.65. The number of hydrogen-bond acceptors (Lipinski definition) is 5. The van der Waals surface area contributed by atoms with Crippen molar-refractivity contribution in [2.45, 2.75) is 20.3 Å². The van der Waals surface area contributed by atoms with E-state index in [-0.39, 0.29) is 0 Å². The van der Waals surface area contributed by atoms with Gasteiger partial charge in [-0.2, -0.15) is 14.7 Å². The SMILES string of the molecule is CC(C)Cc1nnc2sc(-c3cn[nH]c3-c3ccc(Cl)cc3)nn12. The third-order valence-electron chi connectivity index (χ3n) is 3.65. The molecular weight excluding hydrogens is 344 g/mol. The van der Waals surface area contributed by atoms with E-state index in [9.17, 15) is 0 Å². The van der Waals surface area contributed by atoms with Crippen LogP contribution in [0.25, 0.3) is 26.8 Å². The Morgan fingerprint density at radius 3 is 2.75 bits per heavy atom. The molecule has 4 rings (SSSR count). The molecule has 0 atom stereocenters. The topological polar surface area (TPSA) is 71.8 Å². The Hall–Kier alpha value is -2.25. The summed E-state index contributed by atoms with van der Waals surface area (Å²) < 4.78 is 1.83. The number of rotatable bonds is 4. The summed E-state index contributed by atoms with van der Waals surface area (Å²) in [7, 11) is 0. The predicted octanol–water partition coefficient (Wildman–Crippen LogP) is 4.09. The van der Waals surface area contributed by atoms with Crippen LogP contribution in [-0.4, -0.2) is 30.0 Å². The second-order valence-corrected chi connectivity index (χ2v) is 7.37. The smallest absolute Gasteiger partial charge is 0.234 e. The molecule has 8 heteroatoms. The van der Waals surface area contributed by atoms with E-state index < -0.39 is 0 Å². The van der Waals surface area contributed by atoms with E-state index >= 15 is 0 Å². The Balaban J connectivity index is 1.77. The lowest BCUT2D eigenvalue weighted by Crippen LogP contribution is -2.01. The van der Waals surface area contributed by atoms with Gasteiger partial charge in [0.2, 0.25) is 4.96 Å². The Morgan fingerprint density at radius 1 is 1.21 bits per heavy atom. The zero-order valence-corrected chi connectivity index (χ0v) is 14.8. The van der Waals surface area contributed by atoms with Gasteiger partial charge in [0.15, 0.2) is 10.8 Å². The quantitative estimate of drug-likeness (QED) is 0.596. The van der Waals surface area contributed by atoms with E-state index in [0.29, 0.717) is 10.9 Å². The second kappa shape index (κ2) is 5.99. The minimum Gasteiger partial charge on any atom is -0.277 e. The van der Waals surface area contributed by atoms with E-state index in [4.69, 9.17) is 16.7 Å². The molecule has 0 saturated heterocycles. The van der Waals surface area contributed by atoms with Crippen molar-refractivity contribution >= 4 is 27.9 Å². The van der Waals surface area contributed by atoms with E-state index in [1.165, 1.54) is 11.3 Å². The molecule has 0 aliphatic rings. The standard InChI is InChI=1S/C16H15ClN6S/c1-9(2)7-13-19-21-16-23(13)22-15(24-16)12-8-18-20-14(12)10-3-5-11(17)6-4-10/h3-6,8-9H,7H2,1-2H3,(H,18,20). The third kappa shape index (κ3) is 2.70. The van der Waals surface area contributed by atoms with Gasteiger partial charge < -0.3 is 0 Å². The Kier molecular flexibility index (Phi) is 3.82. The average molecular weight is 359 g/mol. The first-order valence-electron chi connectivity index (χ1n) is 7.62. The first-order chi connectivity index (χ1) is 11.6. The van der Waals surface area contributed by atoms with Crippen LogP contribution in [0.2, 0.25) is 5.02 Å². The summed E-state index contributed by atoms with van der Waals surface area (Å²) in [5, 5.41) is 22.0. The van der Waals surface area contributed by atoms with Crippen LogP contribution in [0.5, 0.6) is 0 Å². The lowest BCUT2D eigenvalue weighted by Gasteiger charge is -2.01. The fourth-order valence-electron chi connectivity index (χ4n) is 2.54. The van der Waals surface area contributed by atoms with Crippen LogP contribution < -0.4 is 0 Å². The number of aromatic nitrogens is 6. The molecule has 0 saturated carbocycles. The van der Waals surface area contributed by atoms with Gasteiger partial charge in [0, 0.05) is 17.0 Å². The number of nitrogens with zero attached hydrogens (tertiary/aromatic N) is 5. The second-order valence-electron chi connectivity index (χ2n) is 5.98. The van der Waals surface area contributed by atoms with Crippen molar-refractivity contribution in [2.75, 3.05) is 0 Å². The molecule has 0 amide bonds. The van der Waals surface area contributed by atoms with Crippen LogP contribution >= 0.6 is 22.9 Å². The molecule has 122 valence electrons. The maximum Gasteiger partial charge on any atom is 0.234 e. The molecule has 0 fully saturated rings. The van der Waals surface area contributed by atoms with Crippen molar-refractivity contribution in [3.8, 4) is 21.8 Å². The first kappa shape index (κ1) is 15.3. The van der Waals surface area contributed by atoms with Crippen LogP contribution in [0.1, 0.15) is 19.7 Å². The van der Waals surface area contributed by atoms with Crippen molar-refractivity contribution in [2.24, 2.45) is 5.92 Å². The van der Waals surface area contributed by atoms with Gasteiger partial charge in [0.1, 0.15) is 0 Å². The molecule has 1 aromatic carbocycles. The summed E-state index contributed by atoms with van der Waals surface area (Å²) in [5.41, 5.74) is 2.88. The highest BCUT2D eigenvalue weighted by atomic mass is 35.5. The van der Waals surface area contributed by atoms with Crippen LogP contribution in [-0.2, 0) is 6.42 Å². The molecule has 4 aromatic rings. The van der Waals surface area contributed by atoms with E-state index in [1.807, 2.05) is 28.8 Å². The monoisotopic (exact) mass is 358 g/mol. The highest BCUT2D eigenvalue weighted by Gasteiger charge is 2.18. The predicted molar refractivity (Wildman–Crippen MR) is 95.2 cm³/mol. The summed E-state index contributed by atoms with van der Waals surface area (Å²) in [5.74, 6) is 1.39. The van der Waals surface area contributed by atoms with Gasteiger partial charge in [0.05, 0.1) is 17.5 Å². The van der Waals surface area contributed by atoms with Crippen molar-refractivity contribution in [1.29, 1.82) is 0 Å². The van der Waals surface area contributed by atoms with E-state index in [2.05, 4.69) is 34.2 Å². The summed E-state index contributed by atoms with van der Waals surface area (Å²) in [6.45, 7) is 4.31. The van der Waals surface area contributed by atoms with Crippen molar-refractivity contribution in [3.63, 3.8) is 0 Å². The van der Waals surface area contributed by atoms with Gasteiger partial charge in [-0.05, 0) is 18.1 Å². The Morgan fingerprint density at radius 2 is 2.00 bits per heavy atom. The van der Waals surface area contributed by atoms with Crippen molar-refractivity contribution < 1.29 is 0 Å². The molecule has 3 heterocycles. The van der Waals surface area contributed by atoms with Crippen LogP contribution in [0.15, 0.2) is 30.5 Å². The number of aromatic amines is 1. The van der Waals surface area contributed by atoms with Crippen LogP contribution in [0.3, 0.4) is 0 Å². The fourth-order valence-corrected chi connectivity index (χ4v) is 3.54. The maximum atomic E-state index is 5.97.